The van der Waals surface area contributed by atoms with Crippen molar-refractivity contribution in [2.45, 2.75) is 0 Å². The van der Waals surface area contributed by atoms with E-state index in [2.05, 4.69) is 5.10 Å². The fourth-order valence-electron chi connectivity index (χ4n) is 1.36. The van der Waals surface area contributed by atoms with Crippen molar-refractivity contribution < 1.29 is 14.6 Å². The molecule has 1 aromatic heterocycles. The van der Waals surface area contributed by atoms with Crippen molar-refractivity contribution in [2.24, 2.45) is 7.05 Å². The van der Waals surface area contributed by atoms with Crippen molar-refractivity contribution in [1.29, 1.82) is 0 Å². The molecule has 0 aliphatic carbocycles. The number of aryl methyl sites for hydroxylation is 1. The minimum atomic E-state index is -0.903. The van der Waals surface area contributed by atoms with Crippen LogP contribution in [0.3, 0.4) is 0 Å². The molecule has 5 nitrogen and oxygen atoms in total. The zero-order valence-corrected chi connectivity index (χ0v) is 8.48. The summed E-state index contributed by atoms with van der Waals surface area (Å²) in [6.45, 7) is 0. The van der Waals surface area contributed by atoms with Crippen LogP contribution in [-0.2, 0) is 7.05 Å². The van der Waals surface area contributed by atoms with Gasteiger partial charge in [-0.1, -0.05) is 0 Å². The Morgan fingerprint density at radius 3 is 2.50 bits per heavy atom. The van der Waals surface area contributed by atoms with E-state index < -0.39 is 17.3 Å². The highest BCUT2D eigenvalue weighted by Gasteiger charge is 2.12. The molecule has 16 heavy (non-hydrogen) atoms. The van der Waals surface area contributed by atoms with E-state index in [0.717, 1.165) is 6.07 Å². The first-order chi connectivity index (χ1) is 7.49. The monoisotopic (exact) mass is 223 g/mol. The Morgan fingerprint density at radius 2 is 2.00 bits per heavy atom. The van der Waals surface area contributed by atoms with Crippen LogP contribution in [0.5, 0.6) is 11.5 Å². The van der Waals surface area contributed by atoms with Crippen molar-refractivity contribution in [3.8, 4) is 22.8 Å². The summed E-state index contributed by atoms with van der Waals surface area (Å²) in [5, 5.41) is 22.3. The van der Waals surface area contributed by atoms with Gasteiger partial charge in [0.25, 0.3) is 0 Å². The number of aromatic nitrogens is 2. The van der Waals surface area contributed by atoms with Crippen molar-refractivity contribution in [3.63, 3.8) is 0 Å². The highest BCUT2D eigenvalue weighted by Crippen LogP contribution is 2.33. The maximum Gasteiger partial charge on any atom is 0.194 e. The van der Waals surface area contributed by atoms with Crippen LogP contribution >= 0.6 is 0 Å². The summed E-state index contributed by atoms with van der Waals surface area (Å²) in [4.78, 5) is 0. The fourth-order valence-corrected chi connectivity index (χ4v) is 1.36. The third-order valence-electron chi connectivity index (χ3n) is 2.26. The molecule has 0 amide bonds. The van der Waals surface area contributed by atoms with Crippen LogP contribution in [0.1, 0.15) is 0 Å². The van der Waals surface area contributed by atoms with E-state index in [0.29, 0.717) is 17.1 Å². The first kappa shape index (κ1) is 10.3. The van der Waals surface area contributed by atoms with Crippen LogP contribution in [0.15, 0.2) is 18.2 Å². The summed E-state index contributed by atoms with van der Waals surface area (Å²) < 4.78 is 14.6. The number of nitrogens with zero attached hydrogens (tertiary/aromatic N) is 2. The molecule has 1 heterocycles. The molecular formula is C10H10FN3O2. The molecule has 0 aliphatic rings. The number of phenolic OH excluding ortho intramolecular Hbond substituents is 2. The Hall–Kier alpha value is -2.24. The Morgan fingerprint density at radius 1 is 1.31 bits per heavy atom. The number of anilines is 1. The van der Waals surface area contributed by atoms with Gasteiger partial charge < -0.3 is 15.9 Å². The molecule has 4 N–H and O–H groups in total. The molecule has 0 saturated heterocycles. The maximum atomic E-state index is 13.2. The molecule has 2 aromatic rings. The van der Waals surface area contributed by atoms with Crippen LogP contribution in [0.4, 0.5) is 10.2 Å². The van der Waals surface area contributed by atoms with Crippen LogP contribution in [0.2, 0.25) is 0 Å². The van der Waals surface area contributed by atoms with Gasteiger partial charge in [-0.25, -0.2) is 4.39 Å². The topological polar surface area (TPSA) is 84.3 Å². The predicted molar refractivity (Wildman–Crippen MR) is 56.3 cm³/mol. The zero-order valence-electron chi connectivity index (χ0n) is 8.48. The molecule has 0 saturated carbocycles. The van der Waals surface area contributed by atoms with Gasteiger partial charge in [0, 0.05) is 18.7 Å². The largest absolute Gasteiger partial charge is 0.504 e. The van der Waals surface area contributed by atoms with Gasteiger partial charge in [-0.2, -0.15) is 5.10 Å². The normalized spacial score (nSPS) is 10.6. The van der Waals surface area contributed by atoms with Gasteiger partial charge in [-0.3, -0.25) is 4.68 Å². The van der Waals surface area contributed by atoms with Crippen LogP contribution in [-0.4, -0.2) is 20.0 Å². The Balaban J connectivity index is 2.56. The average molecular weight is 223 g/mol. The van der Waals surface area contributed by atoms with E-state index in [4.69, 9.17) is 10.8 Å². The second-order valence-corrected chi connectivity index (χ2v) is 3.40. The number of hydrogen-bond acceptors (Lipinski definition) is 4. The van der Waals surface area contributed by atoms with E-state index >= 15 is 0 Å². The van der Waals surface area contributed by atoms with Gasteiger partial charge in [0.2, 0.25) is 0 Å². The molecular weight excluding hydrogens is 213 g/mol. The van der Waals surface area contributed by atoms with E-state index in [-0.39, 0.29) is 0 Å². The predicted octanol–water partition coefficient (Wildman–Crippen LogP) is 1.22. The van der Waals surface area contributed by atoms with E-state index in [9.17, 15) is 9.50 Å². The molecule has 0 fully saturated rings. The van der Waals surface area contributed by atoms with Crippen molar-refractivity contribution in [3.05, 3.63) is 24.0 Å². The highest BCUT2D eigenvalue weighted by atomic mass is 19.1. The number of nitrogens with two attached hydrogens (primary N) is 1. The number of benzene rings is 1. The summed E-state index contributed by atoms with van der Waals surface area (Å²) >= 11 is 0. The minimum Gasteiger partial charge on any atom is -0.504 e. The van der Waals surface area contributed by atoms with Gasteiger partial charge in [0.15, 0.2) is 17.3 Å². The van der Waals surface area contributed by atoms with Gasteiger partial charge in [-0.15, -0.1) is 0 Å². The lowest BCUT2D eigenvalue weighted by atomic mass is 10.1. The lowest BCUT2D eigenvalue weighted by Gasteiger charge is -2.02. The summed E-state index contributed by atoms with van der Waals surface area (Å²) in [6.07, 6.45) is 0. The van der Waals surface area contributed by atoms with Crippen LogP contribution < -0.4 is 5.73 Å². The lowest BCUT2D eigenvalue weighted by molar-refractivity contribution is 0.379. The van der Waals surface area contributed by atoms with Crippen LogP contribution in [0.25, 0.3) is 11.3 Å². The van der Waals surface area contributed by atoms with Crippen LogP contribution in [0, 0.1) is 5.82 Å². The van der Waals surface area contributed by atoms with E-state index in [1.807, 2.05) is 0 Å². The van der Waals surface area contributed by atoms with Crippen molar-refractivity contribution >= 4 is 5.82 Å². The molecule has 0 unspecified atom stereocenters. The number of aromatic hydroxyl groups is 2. The Bertz CT molecular complexity index is 508. The molecule has 0 aliphatic heterocycles. The summed E-state index contributed by atoms with van der Waals surface area (Å²) in [6, 6.07) is 3.85. The number of hydrogen-bond donors (Lipinski definition) is 3. The second-order valence-electron chi connectivity index (χ2n) is 3.40. The molecule has 0 radical (unpaired) electrons. The number of nitrogen functional groups attached to an aromatic ring is 1. The van der Waals surface area contributed by atoms with Crippen molar-refractivity contribution in [1.82, 2.24) is 9.78 Å². The Labute approximate surface area is 90.6 Å². The maximum absolute atomic E-state index is 13.2. The highest BCUT2D eigenvalue weighted by molar-refractivity contribution is 5.66. The summed E-state index contributed by atoms with van der Waals surface area (Å²) in [5.41, 5.74) is 6.35. The SMILES string of the molecule is Cn1nc(-c2cc(O)c(O)c(F)c2)cc1N. The first-order valence-corrected chi connectivity index (χ1v) is 4.50. The van der Waals surface area contributed by atoms with E-state index in [1.54, 1.807) is 13.1 Å². The average Bonchev–Trinajstić information content (AvgIpc) is 2.55. The molecule has 6 heteroatoms. The number of halogens is 1. The number of rotatable bonds is 1. The van der Waals surface area contributed by atoms with Gasteiger partial charge in [0.05, 0.1) is 5.69 Å². The molecule has 0 atom stereocenters. The van der Waals surface area contributed by atoms with Gasteiger partial charge >= 0.3 is 0 Å². The Kier molecular flexibility index (Phi) is 2.19. The van der Waals surface area contributed by atoms with Gasteiger partial charge in [-0.05, 0) is 12.1 Å². The second kappa shape index (κ2) is 3.41. The van der Waals surface area contributed by atoms with Gasteiger partial charge in [0.1, 0.15) is 5.82 Å². The standard InChI is InChI=1S/C10H10FN3O2/c1-14-9(12)4-7(13-14)5-2-6(11)10(16)8(15)3-5/h2-4,15-16H,12H2,1H3. The summed E-state index contributed by atoms with van der Waals surface area (Å²) in [7, 11) is 1.65. The molecule has 1 aromatic carbocycles. The first-order valence-electron chi connectivity index (χ1n) is 4.50. The molecule has 0 spiro atoms. The van der Waals surface area contributed by atoms with Crippen molar-refractivity contribution in [2.75, 3.05) is 5.73 Å². The van der Waals surface area contributed by atoms with E-state index in [1.165, 1.54) is 10.7 Å². The lowest BCUT2D eigenvalue weighted by Crippen LogP contribution is -1.96. The molecule has 84 valence electrons. The third kappa shape index (κ3) is 1.54. The molecule has 2 rings (SSSR count). The number of phenols is 2. The quantitative estimate of drug-likeness (QED) is 0.634. The fraction of sp³-hybridized carbons (Fsp3) is 0.100. The summed E-state index contributed by atoms with van der Waals surface area (Å²) in [5.74, 6) is -1.78. The molecule has 0 bridgehead atoms. The zero-order chi connectivity index (χ0) is 11.9. The smallest absolute Gasteiger partial charge is 0.194 e. The third-order valence-corrected chi connectivity index (χ3v) is 2.26. The minimum absolute atomic E-state index is 0.347.